The van der Waals surface area contributed by atoms with Crippen LogP contribution in [0.3, 0.4) is 0 Å². The molecule has 3 rings (SSSR count). The number of aryl methyl sites for hydroxylation is 1. The number of benzene rings is 2. The van der Waals surface area contributed by atoms with Gasteiger partial charge in [-0.1, -0.05) is 42.5 Å². The molecule has 1 aliphatic heterocycles. The van der Waals surface area contributed by atoms with Crippen molar-refractivity contribution in [2.24, 2.45) is 0 Å². The first-order valence-corrected chi connectivity index (χ1v) is 10.0. The topological polar surface area (TPSA) is 36.0 Å². The Morgan fingerprint density at radius 3 is 2.32 bits per heavy atom. The summed E-state index contributed by atoms with van der Waals surface area (Å²) >= 11 is 0. The molecule has 0 N–H and O–H groups in total. The number of nitrogens with zero attached hydrogens (tertiary/aromatic N) is 3. The van der Waals surface area contributed by atoms with Crippen LogP contribution in [0.4, 0.5) is 0 Å². The zero-order valence-electron chi connectivity index (χ0n) is 17.0. The van der Waals surface area contributed by atoms with Gasteiger partial charge in [-0.05, 0) is 30.2 Å². The normalized spacial score (nSPS) is 15.4. The Bertz CT molecular complexity index is 743. The number of hydrogen-bond donors (Lipinski definition) is 0. The molecule has 0 bridgehead atoms. The van der Waals surface area contributed by atoms with Crippen molar-refractivity contribution >= 4 is 5.91 Å². The van der Waals surface area contributed by atoms with Gasteiger partial charge >= 0.3 is 0 Å². The maximum atomic E-state index is 12.6. The van der Waals surface area contributed by atoms with Crippen LogP contribution in [0.25, 0.3) is 0 Å². The molecular formula is C23H31N3O2. The van der Waals surface area contributed by atoms with Gasteiger partial charge in [0.05, 0.1) is 6.54 Å². The van der Waals surface area contributed by atoms with Crippen molar-refractivity contribution in [3.8, 4) is 5.75 Å². The number of rotatable bonds is 8. The van der Waals surface area contributed by atoms with Gasteiger partial charge in [-0.15, -0.1) is 0 Å². The second-order valence-electron chi connectivity index (χ2n) is 7.46. The van der Waals surface area contributed by atoms with Crippen molar-refractivity contribution in [3.05, 3.63) is 65.7 Å². The minimum atomic E-state index is 0.184. The van der Waals surface area contributed by atoms with Gasteiger partial charge in [0.1, 0.15) is 12.4 Å². The molecule has 1 amide bonds. The highest BCUT2D eigenvalue weighted by Crippen LogP contribution is 2.11. The third-order valence-corrected chi connectivity index (χ3v) is 5.34. The van der Waals surface area contributed by atoms with E-state index in [1.807, 2.05) is 54.4 Å². The third kappa shape index (κ3) is 6.08. The molecule has 150 valence electrons. The lowest BCUT2D eigenvalue weighted by atomic mass is 10.1. The van der Waals surface area contributed by atoms with Gasteiger partial charge < -0.3 is 9.64 Å². The van der Waals surface area contributed by atoms with Gasteiger partial charge in [0.25, 0.3) is 0 Å². The number of carbonyl (C=O) groups excluding carboxylic acids is 1. The number of hydrogen-bond acceptors (Lipinski definition) is 4. The van der Waals surface area contributed by atoms with Crippen molar-refractivity contribution in [2.45, 2.75) is 13.5 Å². The lowest BCUT2D eigenvalue weighted by molar-refractivity contribution is -0.132. The van der Waals surface area contributed by atoms with E-state index in [1.165, 1.54) is 11.1 Å². The highest BCUT2D eigenvalue weighted by molar-refractivity contribution is 5.78. The number of para-hydroxylation sites is 1. The first-order valence-electron chi connectivity index (χ1n) is 10.0. The van der Waals surface area contributed by atoms with E-state index in [-0.39, 0.29) is 5.91 Å². The summed E-state index contributed by atoms with van der Waals surface area (Å²) < 4.78 is 5.78. The maximum Gasteiger partial charge on any atom is 0.236 e. The number of amides is 1. The van der Waals surface area contributed by atoms with Gasteiger partial charge in [-0.25, -0.2) is 0 Å². The molecule has 0 radical (unpaired) electrons. The van der Waals surface area contributed by atoms with E-state index in [1.54, 1.807) is 0 Å². The summed E-state index contributed by atoms with van der Waals surface area (Å²) in [6.45, 7) is 8.68. The molecule has 0 saturated carbocycles. The number of likely N-dealkylation sites (N-methyl/N-ethyl adjacent to an activating group) is 1. The van der Waals surface area contributed by atoms with E-state index in [2.05, 4.69) is 28.9 Å². The van der Waals surface area contributed by atoms with Gasteiger partial charge in [-0.3, -0.25) is 14.6 Å². The Morgan fingerprint density at radius 2 is 1.61 bits per heavy atom. The Kier molecular flexibility index (Phi) is 7.46. The van der Waals surface area contributed by atoms with Crippen LogP contribution < -0.4 is 4.74 Å². The molecule has 28 heavy (non-hydrogen) atoms. The first kappa shape index (κ1) is 20.4. The van der Waals surface area contributed by atoms with Crippen LogP contribution in [0, 0.1) is 6.92 Å². The fourth-order valence-electron chi connectivity index (χ4n) is 3.42. The van der Waals surface area contributed by atoms with Gasteiger partial charge in [0.15, 0.2) is 0 Å². The van der Waals surface area contributed by atoms with Crippen molar-refractivity contribution in [3.63, 3.8) is 0 Å². The predicted octanol–water partition coefficient (Wildman–Crippen LogP) is 2.65. The molecule has 2 aromatic rings. The van der Waals surface area contributed by atoms with Crippen LogP contribution in [0.2, 0.25) is 0 Å². The molecule has 0 spiro atoms. The molecule has 1 fully saturated rings. The Hall–Kier alpha value is -2.37. The van der Waals surface area contributed by atoms with E-state index >= 15 is 0 Å². The number of ether oxygens (including phenoxy) is 1. The molecule has 0 aromatic heterocycles. The van der Waals surface area contributed by atoms with Gasteiger partial charge in [0.2, 0.25) is 5.91 Å². The Labute approximate surface area is 168 Å². The zero-order chi connectivity index (χ0) is 19.8. The summed E-state index contributed by atoms with van der Waals surface area (Å²) in [4.78, 5) is 19.1. The van der Waals surface area contributed by atoms with Crippen molar-refractivity contribution in [1.82, 2.24) is 14.7 Å². The fourth-order valence-corrected chi connectivity index (χ4v) is 3.42. The van der Waals surface area contributed by atoms with Crippen molar-refractivity contribution < 1.29 is 9.53 Å². The molecule has 0 aliphatic carbocycles. The highest BCUT2D eigenvalue weighted by Gasteiger charge is 2.20. The molecular weight excluding hydrogens is 350 g/mol. The van der Waals surface area contributed by atoms with Gasteiger partial charge in [0, 0.05) is 46.3 Å². The molecule has 1 aliphatic rings. The molecule has 0 atom stereocenters. The van der Waals surface area contributed by atoms with Crippen LogP contribution in [-0.4, -0.2) is 73.5 Å². The summed E-state index contributed by atoms with van der Waals surface area (Å²) in [6, 6.07) is 18.2. The number of piperazine rings is 1. The van der Waals surface area contributed by atoms with Crippen LogP contribution in [-0.2, 0) is 11.3 Å². The molecule has 5 nitrogen and oxygen atoms in total. The molecule has 1 saturated heterocycles. The van der Waals surface area contributed by atoms with Crippen LogP contribution >= 0.6 is 0 Å². The van der Waals surface area contributed by atoms with E-state index in [0.717, 1.165) is 38.5 Å². The van der Waals surface area contributed by atoms with E-state index in [0.29, 0.717) is 19.7 Å². The Balaban J connectivity index is 1.35. The lowest BCUT2D eigenvalue weighted by Crippen LogP contribution is -2.50. The van der Waals surface area contributed by atoms with E-state index < -0.39 is 0 Å². The second-order valence-corrected chi connectivity index (χ2v) is 7.46. The minimum Gasteiger partial charge on any atom is -0.492 e. The van der Waals surface area contributed by atoms with Crippen LogP contribution in [0.15, 0.2) is 54.6 Å². The fraction of sp³-hybridized carbons (Fsp3) is 0.435. The standard InChI is InChI=1S/C23H31N3O2/c1-20-8-6-7-9-21(20)18-24(2)23(27)19-26-14-12-25(13-15-26)16-17-28-22-10-4-3-5-11-22/h3-11H,12-19H2,1-2H3. The average molecular weight is 382 g/mol. The molecule has 5 heteroatoms. The van der Waals surface area contributed by atoms with Crippen LogP contribution in [0.5, 0.6) is 5.75 Å². The summed E-state index contributed by atoms with van der Waals surface area (Å²) in [5.41, 5.74) is 2.44. The SMILES string of the molecule is Cc1ccccc1CN(C)C(=O)CN1CCN(CCOc2ccccc2)CC1. The zero-order valence-corrected chi connectivity index (χ0v) is 17.0. The Morgan fingerprint density at radius 1 is 0.964 bits per heavy atom. The first-order chi connectivity index (χ1) is 13.6. The maximum absolute atomic E-state index is 12.6. The number of carbonyl (C=O) groups is 1. The summed E-state index contributed by atoms with van der Waals surface area (Å²) in [6.07, 6.45) is 0. The van der Waals surface area contributed by atoms with Crippen molar-refractivity contribution in [1.29, 1.82) is 0 Å². The van der Waals surface area contributed by atoms with Crippen LogP contribution in [0.1, 0.15) is 11.1 Å². The average Bonchev–Trinajstić information content (AvgIpc) is 2.72. The van der Waals surface area contributed by atoms with E-state index in [9.17, 15) is 4.79 Å². The third-order valence-electron chi connectivity index (χ3n) is 5.34. The smallest absolute Gasteiger partial charge is 0.236 e. The lowest BCUT2D eigenvalue weighted by Gasteiger charge is -2.34. The highest BCUT2D eigenvalue weighted by atomic mass is 16.5. The molecule has 2 aromatic carbocycles. The summed E-state index contributed by atoms with van der Waals surface area (Å²) in [7, 11) is 1.89. The minimum absolute atomic E-state index is 0.184. The van der Waals surface area contributed by atoms with E-state index in [4.69, 9.17) is 4.74 Å². The van der Waals surface area contributed by atoms with Crippen molar-refractivity contribution in [2.75, 3.05) is 52.9 Å². The summed E-state index contributed by atoms with van der Waals surface area (Å²) in [5.74, 6) is 1.10. The van der Waals surface area contributed by atoms with Gasteiger partial charge in [-0.2, -0.15) is 0 Å². The quantitative estimate of drug-likeness (QED) is 0.704. The predicted molar refractivity (Wildman–Crippen MR) is 112 cm³/mol. The monoisotopic (exact) mass is 381 g/mol. The second kappa shape index (κ2) is 10.2. The molecule has 0 unspecified atom stereocenters. The molecule has 1 heterocycles. The summed E-state index contributed by atoms with van der Waals surface area (Å²) in [5, 5.41) is 0. The largest absolute Gasteiger partial charge is 0.492 e.